The lowest BCUT2D eigenvalue weighted by molar-refractivity contribution is -0.138. The molecular weight excluding hydrogens is 489 g/mol. The van der Waals surface area contributed by atoms with Crippen LogP contribution in [0.3, 0.4) is 0 Å². The highest BCUT2D eigenvalue weighted by molar-refractivity contribution is 6.86. The van der Waals surface area contributed by atoms with E-state index in [4.69, 9.17) is 17.1 Å². The van der Waals surface area contributed by atoms with Crippen LogP contribution in [0.4, 0.5) is 0 Å². The van der Waals surface area contributed by atoms with Gasteiger partial charge in [-0.2, -0.15) is 0 Å². The molecule has 0 saturated heterocycles. The van der Waals surface area contributed by atoms with Gasteiger partial charge in [0.15, 0.2) is 33.3 Å². The zero-order valence-electron chi connectivity index (χ0n) is 22.1. The molecule has 0 aromatic rings. The number of esters is 1. The van der Waals surface area contributed by atoms with Gasteiger partial charge in [0.2, 0.25) is 0 Å². The highest BCUT2D eigenvalue weighted by atomic mass is 28.4. The predicted molar refractivity (Wildman–Crippen MR) is 151 cm³/mol. The molecule has 0 aromatic heterocycles. The molecule has 0 aromatic carbocycles. The molecule has 11 heteroatoms. The second-order valence-electron chi connectivity index (χ2n) is 11.4. The van der Waals surface area contributed by atoms with Crippen LogP contribution in [0.2, 0.25) is 89.1 Å². The maximum atomic E-state index is 11.4. The summed E-state index contributed by atoms with van der Waals surface area (Å²) in [5.74, 6) is -0.290. The van der Waals surface area contributed by atoms with Gasteiger partial charge in [-0.3, -0.25) is 0 Å². The number of carbonyl (C=O) groups is 1. The summed E-state index contributed by atoms with van der Waals surface area (Å²) in [6.07, 6.45) is 0.892. The summed E-state index contributed by atoms with van der Waals surface area (Å²) >= 11 is 0. The lowest BCUT2D eigenvalue weighted by Crippen LogP contribution is -2.46. The van der Waals surface area contributed by atoms with Gasteiger partial charge in [0.05, 0.1) is 6.61 Å². The number of carbonyl (C=O) groups excluding carboxylic acids is 1. The Morgan fingerprint density at radius 3 is 1.84 bits per heavy atom. The number of hydrogen-bond acceptors (Lipinski definition) is 5. The summed E-state index contributed by atoms with van der Waals surface area (Å²) in [7, 11) is -7.24. The Balaban J connectivity index is 4.21. The van der Waals surface area contributed by atoms with Crippen LogP contribution >= 0.6 is 0 Å². The molecule has 0 amide bonds. The molecular formula is C20H50O5Si6. The van der Waals surface area contributed by atoms with Gasteiger partial charge in [-0.1, -0.05) is 6.58 Å². The summed E-state index contributed by atoms with van der Waals surface area (Å²) in [6, 6.07) is 5.92. The van der Waals surface area contributed by atoms with Crippen molar-refractivity contribution in [1.82, 2.24) is 0 Å². The monoisotopic (exact) mass is 538 g/mol. The third kappa shape index (κ3) is 18.5. The minimum absolute atomic E-state index is 0.290. The lowest BCUT2D eigenvalue weighted by Gasteiger charge is -2.36. The van der Waals surface area contributed by atoms with E-state index in [-0.39, 0.29) is 5.97 Å². The van der Waals surface area contributed by atoms with Crippen molar-refractivity contribution in [3.05, 3.63) is 12.2 Å². The average molecular weight is 539 g/mol. The predicted octanol–water partition coefficient (Wildman–Crippen LogP) is 5.00. The van der Waals surface area contributed by atoms with Gasteiger partial charge in [0.25, 0.3) is 0 Å². The van der Waals surface area contributed by atoms with E-state index in [0.717, 1.165) is 12.5 Å². The van der Waals surface area contributed by atoms with E-state index in [0.29, 0.717) is 12.2 Å². The van der Waals surface area contributed by atoms with Crippen LogP contribution in [-0.2, 0) is 21.9 Å². The van der Waals surface area contributed by atoms with Gasteiger partial charge >= 0.3 is 5.97 Å². The van der Waals surface area contributed by atoms with Gasteiger partial charge < -0.3 is 17.1 Å². The maximum absolute atomic E-state index is 11.4. The quantitative estimate of drug-likeness (QED) is 0.113. The van der Waals surface area contributed by atoms with Crippen molar-refractivity contribution in [2.75, 3.05) is 6.61 Å². The number of hydrogen-bond donors (Lipinski definition) is 0. The molecule has 0 atom stereocenters. The minimum Gasteiger partial charge on any atom is -0.462 e. The van der Waals surface area contributed by atoms with Crippen molar-refractivity contribution >= 4 is 58.8 Å². The fourth-order valence-corrected chi connectivity index (χ4v) is 25.6. The molecule has 0 unspecified atom stereocenters. The Morgan fingerprint density at radius 2 is 1.29 bits per heavy atom. The Bertz CT molecular complexity index is 561. The molecule has 0 aliphatic carbocycles. The second-order valence-corrected chi connectivity index (χ2v) is 33.1. The molecule has 31 heavy (non-hydrogen) atoms. The molecule has 0 fully saturated rings. The maximum Gasteiger partial charge on any atom is 0.333 e. The van der Waals surface area contributed by atoms with Crippen LogP contribution < -0.4 is 0 Å². The molecule has 0 radical (unpaired) electrons. The zero-order chi connectivity index (χ0) is 24.3. The van der Waals surface area contributed by atoms with Crippen molar-refractivity contribution < 1.29 is 21.9 Å². The standard InChI is InChI=1S/C20H50O5Si6/c1-19(2)20(21)22-13-12-14-26-24-29(6,7)17-18-31(10,11)25-30(8,9)16-15-27-23-28(3,4)5/h1,12-18,26-27H2,2-11H3. The second kappa shape index (κ2) is 13.9. The third-order valence-corrected chi connectivity index (χ3v) is 24.7. The van der Waals surface area contributed by atoms with Gasteiger partial charge in [0.1, 0.15) is 19.5 Å². The van der Waals surface area contributed by atoms with E-state index in [1.807, 2.05) is 0 Å². The van der Waals surface area contributed by atoms with Crippen molar-refractivity contribution in [2.45, 2.75) is 102 Å². The largest absolute Gasteiger partial charge is 0.462 e. The average Bonchev–Trinajstić information content (AvgIpc) is 2.58. The van der Waals surface area contributed by atoms with Gasteiger partial charge in [0, 0.05) is 5.57 Å². The van der Waals surface area contributed by atoms with Crippen molar-refractivity contribution in [3.63, 3.8) is 0 Å². The first-order valence-electron chi connectivity index (χ1n) is 11.8. The molecule has 184 valence electrons. The first-order valence-corrected chi connectivity index (χ1v) is 27.7. The van der Waals surface area contributed by atoms with E-state index < -0.39 is 52.8 Å². The van der Waals surface area contributed by atoms with Gasteiger partial charge in [-0.05, 0) is 102 Å². The number of rotatable bonds is 17. The zero-order valence-corrected chi connectivity index (χ0v) is 28.9. The molecule has 0 N–H and O–H groups in total. The van der Waals surface area contributed by atoms with Crippen LogP contribution in [0.15, 0.2) is 12.2 Å². The lowest BCUT2D eigenvalue weighted by atomic mass is 10.4. The van der Waals surface area contributed by atoms with Crippen LogP contribution in [0, 0.1) is 0 Å². The number of ether oxygens (including phenoxy) is 1. The van der Waals surface area contributed by atoms with E-state index in [2.05, 4.69) is 65.5 Å². The first-order chi connectivity index (χ1) is 13.9. The van der Waals surface area contributed by atoms with E-state index >= 15 is 0 Å². The summed E-state index contributed by atoms with van der Waals surface area (Å²) in [6.45, 7) is 26.8. The van der Waals surface area contributed by atoms with E-state index in [1.165, 1.54) is 24.2 Å². The Morgan fingerprint density at radius 1 is 0.774 bits per heavy atom. The van der Waals surface area contributed by atoms with E-state index in [9.17, 15) is 4.79 Å². The van der Waals surface area contributed by atoms with Crippen molar-refractivity contribution in [2.24, 2.45) is 0 Å². The smallest absolute Gasteiger partial charge is 0.333 e. The van der Waals surface area contributed by atoms with Crippen molar-refractivity contribution in [3.8, 4) is 0 Å². The molecule has 0 rings (SSSR count). The fraction of sp³-hybridized carbons (Fsp3) is 0.850. The summed E-state index contributed by atoms with van der Waals surface area (Å²) < 4.78 is 24.5. The third-order valence-electron chi connectivity index (χ3n) is 4.95. The van der Waals surface area contributed by atoms with Crippen LogP contribution in [-0.4, -0.2) is 65.4 Å². The summed E-state index contributed by atoms with van der Waals surface area (Å²) in [4.78, 5) is 11.4. The highest BCUT2D eigenvalue weighted by Gasteiger charge is 2.35. The van der Waals surface area contributed by atoms with Crippen LogP contribution in [0.1, 0.15) is 13.3 Å². The molecule has 0 bridgehead atoms. The summed E-state index contributed by atoms with van der Waals surface area (Å²) in [5.41, 5.74) is 0.462. The Hall–Kier alpha value is 0.391. The van der Waals surface area contributed by atoms with E-state index in [1.54, 1.807) is 6.92 Å². The Labute approximate surface area is 201 Å². The molecule has 0 saturated carbocycles. The Kier molecular flexibility index (Phi) is 14.1. The minimum atomic E-state index is -1.68. The van der Waals surface area contributed by atoms with Crippen molar-refractivity contribution in [1.29, 1.82) is 0 Å². The SMILES string of the molecule is C=C(C)C(=O)OCCC[SiH2]O[Si](C)(C)CC[Si](C)(C)O[Si](C)(C)CC[SiH2]O[Si](C)(C)C. The molecule has 0 aliphatic rings. The fourth-order valence-electron chi connectivity index (χ4n) is 3.24. The van der Waals surface area contributed by atoms with Crippen LogP contribution in [0.25, 0.3) is 0 Å². The van der Waals surface area contributed by atoms with Gasteiger partial charge in [-0.25, -0.2) is 4.79 Å². The van der Waals surface area contributed by atoms with Gasteiger partial charge in [-0.15, -0.1) is 0 Å². The topological polar surface area (TPSA) is 54.0 Å². The molecule has 0 heterocycles. The first kappa shape index (κ1) is 31.4. The van der Waals surface area contributed by atoms with Crippen LogP contribution in [0.5, 0.6) is 0 Å². The molecule has 0 aliphatic heterocycles. The normalized spacial score (nSPS) is 14.1. The molecule has 0 spiro atoms. The summed E-state index contributed by atoms with van der Waals surface area (Å²) in [5, 5.41) is 0. The molecule has 5 nitrogen and oxygen atoms in total. The highest BCUT2D eigenvalue weighted by Crippen LogP contribution is 2.27.